The lowest BCUT2D eigenvalue weighted by atomic mass is 10.2. The van der Waals surface area contributed by atoms with E-state index in [-0.39, 0.29) is 5.91 Å². The molecule has 0 aliphatic rings. The second-order valence-corrected chi connectivity index (χ2v) is 5.97. The van der Waals surface area contributed by atoms with Crippen molar-refractivity contribution in [1.82, 2.24) is 14.9 Å². The van der Waals surface area contributed by atoms with Crippen LogP contribution in [0.4, 0.5) is 0 Å². The fourth-order valence-corrected chi connectivity index (χ4v) is 2.83. The summed E-state index contributed by atoms with van der Waals surface area (Å²) in [4.78, 5) is 23.5. The van der Waals surface area contributed by atoms with E-state index in [0.717, 1.165) is 16.7 Å². The number of amides is 1. The van der Waals surface area contributed by atoms with Crippen LogP contribution in [0.2, 0.25) is 0 Å². The van der Waals surface area contributed by atoms with Gasteiger partial charge in [0.15, 0.2) is 5.65 Å². The number of carbonyl (C=O) groups excluding carboxylic acids is 1. The van der Waals surface area contributed by atoms with Crippen LogP contribution in [0.3, 0.4) is 0 Å². The summed E-state index contributed by atoms with van der Waals surface area (Å²) in [6.45, 7) is 0.852. The first-order valence-corrected chi connectivity index (χ1v) is 8.37. The van der Waals surface area contributed by atoms with E-state index >= 15 is 0 Å². The maximum absolute atomic E-state index is 13.1. The number of rotatable bonds is 5. The smallest absolute Gasteiger partial charge is 0.273 e. The topological polar surface area (TPSA) is 59.2 Å². The summed E-state index contributed by atoms with van der Waals surface area (Å²) in [5, 5.41) is 0.907. The molecule has 0 saturated heterocycles. The van der Waals surface area contributed by atoms with Crippen molar-refractivity contribution in [2.24, 2.45) is 0 Å². The zero-order valence-electron chi connectivity index (χ0n) is 14.1. The van der Waals surface area contributed by atoms with E-state index in [1.807, 2.05) is 60.7 Å². The lowest BCUT2D eigenvalue weighted by molar-refractivity contribution is 0.0712. The van der Waals surface area contributed by atoms with Gasteiger partial charge in [0, 0.05) is 18.1 Å². The molecule has 4 rings (SSSR count). The Morgan fingerprint density at radius 1 is 0.923 bits per heavy atom. The Hall–Kier alpha value is -3.47. The van der Waals surface area contributed by atoms with E-state index in [4.69, 9.17) is 4.42 Å². The standard InChI is InChI=1S/C21H17N3O2/c25-21(19-11-10-17-8-4-12-22-20(17)23-19)24(15-18-9-5-13-26-18)14-16-6-2-1-3-7-16/h1-13H,14-15H2. The summed E-state index contributed by atoms with van der Waals surface area (Å²) < 4.78 is 5.43. The van der Waals surface area contributed by atoms with E-state index in [1.165, 1.54) is 0 Å². The van der Waals surface area contributed by atoms with Crippen molar-refractivity contribution in [1.29, 1.82) is 0 Å². The summed E-state index contributed by atoms with van der Waals surface area (Å²) >= 11 is 0. The molecule has 0 N–H and O–H groups in total. The Balaban J connectivity index is 1.65. The molecule has 3 aromatic heterocycles. The fraction of sp³-hybridized carbons (Fsp3) is 0.0952. The quantitative estimate of drug-likeness (QED) is 0.548. The molecule has 0 unspecified atom stereocenters. The largest absolute Gasteiger partial charge is 0.467 e. The summed E-state index contributed by atoms with van der Waals surface area (Å²) in [6.07, 6.45) is 3.28. The summed E-state index contributed by atoms with van der Waals surface area (Å²) in [7, 11) is 0. The van der Waals surface area contributed by atoms with Crippen molar-refractivity contribution in [3.05, 3.63) is 96.2 Å². The molecule has 0 fully saturated rings. The number of aromatic nitrogens is 2. The molecule has 26 heavy (non-hydrogen) atoms. The molecule has 5 nitrogen and oxygen atoms in total. The molecular weight excluding hydrogens is 326 g/mol. The third-order valence-corrected chi connectivity index (χ3v) is 4.11. The summed E-state index contributed by atoms with van der Waals surface area (Å²) in [5.41, 5.74) is 1.99. The van der Waals surface area contributed by atoms with Gasteiger partial charge in [-0.3, -0.25) is 4.79 Å². The number of pyridine rings is 2. The van der Waals surface area contributed by atoms with Gasteiger partial charge in [-0.25, -0.2) is 9.97 Å². The molecule has 0 aliphatic carbocycles. The summed E-state index contributed by atoms with van der Waals surface area (Å²) in [6, 6.07) is 20.9. The lowest BCUT2D eigenvalue weighted by Gasteiger charge is -2.21. The average Bonchev–Trinajstić information content (AvgIpc) is 3.20. The number of fused-ring (bicyclic) bond motifs is 1. The van der Waals surface area contributed by atoms with Crippen molar-refractivity contribution in [3.8, 4) is 0 Å². The number of carbonyl (C=O) groups is 1. The van der Waals surface area contributed by atoms with Crippen LogP contribution < -0.4 is 0 Å². The molecule has 0 saturated carbocycles. The van der Waals surface area contributed by atoms with E-state index in [1.54, 1.807) is 23.4 Å². The van der Waals surface area contributed by atoms with Gasteiger partial charge in [-0.05, 0) is 42.0 Å². The molecule has 1 amide bonds. The zero-order valence-corrected chi connectivity index (χ0v) is 14.1. The molecule has 0 radical (unpaired) electrons. The van der Waals surface area contributed by atoms with Crippen molar-refractivity contribution >= 4 is 16.9 Å². The Bertz CT molecular complexity index is 1010. The number of benzene rings is 1. The van der Waals surface area contributed by atoms with Gasteiger partial charge < -0.3 is 9.32 Å². The van der Waals surface area contributed by atoms with Gasteiger partial charge in [0.05, 0.1) is 12.8 Å². The highest BCUT2D eigenvalue weighted by Crippen LogP contribution is 2.16. The number of furan rings is 1. The van der Waals surface area contributed by atoms with Crippen LogP contribution >= 0.6 is 0 Å². The van der Waals surface area contributed by atoms with Crippen LogP contribution in [0.15, 0.2) is 83.6 Å². The van der Waals surface area contributed by atoms with Crippen molar-refractivity contribution < 1.29 is 9.21 Å². The Morgan fingerprint density at radius 3 is 2.62 bits per heavy atom. The number of hydrogen-bond donors (Lipinski definition) is 0. The molecule has 1 aromatic carbocycles. The van der Waals surface area contributed by atoms with E-state index in [9.17, 15) is 4.79 Å². The van der Waals surface area contributed by atoms with Gasteiger partial charge in [-0.15, -0.1) is 0 Å². The van der Waals surface area contributed by atoms with Gasteiger partial charge in [0.25, 0.3) is 5.91 Å². The third kappa shape index (κ3) is 3.47. The van der Waals surface area contributed by atoms with Crippen molar-refractivity contribution in [3.63, 3.8) is 0 Å². The molecule has 4 aromatic rings. The first kappa shape index (κ1) is 16.0. The zero-order chi connectivity index (χ0) is 17.8. The van der Waals surface area contributed by atoms with Gasteiger partial charge >= 0.3 is 0 Å². The van der Waals surface area contributed by atoms with Crippen LogP contribution in [0.5, 0.6) is 0 Å². The van der Waals surface area contributed by atoms with Gasteiger partial charge in [-0.2, -0.15) is 0 Å². The lowest BCUT2D eigenvalue weighted by Crippen LogP contribution is -2.30. The average molecular weight is 343 g/mol. The first-order chi connectivity index (χ1) is 12.8. The van der Waals surface area contributed by atoms with Crippen LogP contribution in [0.25, 0.3) is 11.0 Å². The van der Waals surface area contributed by atoms with Crippen molar-refractivity contribution in [2.75, 3.05) is 0 Å². The second-order valence-electron chi connectivity index (χ2n) is 5.97. The molecule has 0 spiro atoms. The highest BCUT2D eigenvalue weighted by Gasteiger charge is 2.19. The second kappa shape index (κ2) is 7.19. The van der Waals surface area contributed by atoms with E-state index < -0.39 is 0 Å². The molecular formula is C21H17N3O2. The highest BCUT2D eigenvalue weighted by atomic mass is 16.3. The molecule has 0 atom stereocenters. The predicted octanol–water partition coefficient (Wildman–Crippen LogP) is 4.07. The molecule has 0 bridgehead atoms. The maximum Gasteiger partial charge on any atom is 0.273 e. The van der Waals surface area contributed by atoms with Crippen LogP contribution in [0, 0.1) is 0 Å². The third-order valence-electron chi connectivity index (χ3n) is 4.11. The monoisotopic (exact) mass is 343 g/mol. The van der Waals surface area contributed by atoms with Crippen LogP contribution in [-0.4, -0.2) is 20.8 Å². The Kier molecular flexibility index (Phi) is 4.43. The highest BCUT2D eigenvalue weighted by molar-refractivity contribution is 5.94. The SMILES string of the molecule is O=C(c1ccc2cccnc2n1)N(Cc1ccccc1)Cc1ccco1. The first-order valence-electron chi connectivity index (χ1n) is 8.37. The molecule has 5 heteroatoms. The van der Waals surface area contributed by atoms with E-state index in [2.05, 4.69) is 9.97 Å². The van der Waals surface area contributed by atoms with Crippen LogP contribution in [-0.2, 0) is 13.1 Å². The normalized spacial score (nSPS) is 10.8. The predicted molar refractivity (Wildman–Crippen MR) is 98.3 cm³/mol. The minimum absolute atomic E-state index is 0.155. The minimum atomic E-state index is -0.155. The van der Waals surface area contributed by atoms with E-state index in [0.29, 0.717) is 24.4 Å². The Labute approximate surface area is 150 Å². The van der Waals surface area contributed by atoms with Gasteiger partial charge in [0.1, 0.15) is 11.5 Å². The van der Waals surface area contributed by atoms with Gasteiger partial charge in [-0.1, -0.05) is 30.3 Å². The minimum Gasteiger partial charge on any atom is -0.467 e. The fourth-order valence-electron chi connectivity index (χ4n) is 2.83. The summed E-state index contributed by atoms with van der Waals surface area (Å²) in [5.74, 6) is 0.575. The molecule has 3 heterocycles. The Morgan fingerprint density at radius 2 is 1.81 bits per heavy atom. The van der Waals surface area contributed by atoms with Gasteiger partial charge in [0.2, 0.25) is 0 Å². The maximum atomic E-state index is 13.1. The molecule has 128 valence electrons. The molecule has 0 aliphatic heterocycles. The van der Waals surface area contributed by atoms with Crippen LogP contribution in [0.1, 0.15) is 21.8 Å². The number of hydrogen-bond acceptors (Lipinski definition) is 4. The van der Waals surface area contributed by atoms with Crippen molar-refractivity contribution in [2.45, 2.75) is 13.1 Å². The number of nitrogens with zero attached hydrogens (tertiary/aromatic N) is 3.